The summed E-state index contributed by atoms with van der Waals surface area (Å²) < 4.78 is 25.9. The van der Waals surface area contributed by atoms with Gasteiger partial charge in [-0.15, -0.1) is 0 Å². The Hall–Kier alpha value is -2.97. The summed E-state index contributed by atoms with van der Waals surface area (Å²) in [5, 5.41) is 22.1. The molecule has 4 rings (SSSR count). The average Bonchev–Trinajstić information content (AvgIpc) is 2.88. The maximum atomic E-state index is 14.0. The van der Waals surface area contributed by atoms with Gasteiger partial charge in [0.15, 0.2) is 0 Å². The number of ether oxygens (including phenoxy) is 2. The van der Waals surface area contributed by atoms with Crippen molar-refractivity contribution in [3.63, 3.8) is 0 Å². The Morgan fingerprint density at radius 2 is 1.73 bits per heavy atom. The van der Waals surface area contributed by atoms with Crippen LogP contribution in [-0.4, -0.2) is 40.5 Å². The van der Waals surface area contributed by atoms with Gasteiger partial charge in [0.2, 0.25) is 5.91 Å². The second kappa shape index (κ2) is 12.5. The van der Waals surface area contributed by atoms with Gasteiger partial charge in [-0.1, -0.05) is 41.9 Å². The highest BCUT2D eigenvalue weighted by Gasteiger charge is 2.39. The number of nitrogens with two attached hydrogens (primary N) is 1. The van der Waals surface area contributed by atoms with Gasteiger partial charge < -0.3 is 25.4 Å². The second-order valence-corrected chi connectivity index (χ2v) is 9.78. The molecule has 4 N–H and O–H groups in total. The van der Waals surface area contributed by atoms with Crippen LogP contribution in [0.2, 0.25) is 5.02 Å². The molecule has 196 valence electrons. The van der Waals surface area contributed by atoms with E-state index in [1.807, 2.05) is 24.3 Å². The largest absolute Gasteiger partial charge is 0.488 e. The third-order valence-corrected chi connectivity index (χ3v) is 6.85. The highest BCUT2D eigenvalue weighted by molar-refractivity contribution is 6.30. The first-order valence-electron chi connectivity index (χ1n) is 12.4. The normalized spacial score (nSPS) is 21.5. The van der Waals surface area contributed by atoms with Crippen LogP contribution in [0.15, 0.2) is 66.7 Å². The zero-order valence-electron chi connectivity index (χ0n) is 20.4. The lowest BCUT2D eigenvalue weighted by Crippen LogP contribution is -2.52. The van der Waals surface area contributed by atoms with Gasteiger partial charge in [0, 0.05) is 11.4 Å². The summed E-state index contributed by atoms with van der Waals surface area (Å²) in [6, 6.07) is 19.0. The number of hydrogen-bond donors (Lipinski definition) is 3. The molecule has 0 heterocycles. The number of aliphatic hydroxyl groups excluding tert-OH is 2. The number of aliphatic hydroxyl groups is 2. The predicted octanol–water partition coefficient (Wildman–Crippen LogP) is 4.80. The number of rotatable bonds is 10. The van der Waals surface area contributed by atoms with Crippen molar-refractivity contribution in [1.29, 1.82) is 0 Å². The van der Waals surface area contributed by atoms with Crippen LogP contribution in [0.3, 0.4) is 0 Å². The Kier molecular flexibility index (Phi) is 9.16. The molecule has 37 heavy (non-hydrogen) atoms. The lowest BCUT2D eigenvalue weighted by Gasteiger charge is -2.37. The minimum Gasteiger partial charge on any atom is -0.488 e. The van der Waals surface area contributed by atoms with Crippen LogP contribution >= 0.6 is 11.6 Å². The number of carbonyl (C=O) groups is 1. The number of halogens is 2. The molecule has 0 saturated heterocycles. The number of primary amides is 1. The summed E-state index contributed by atoms with van der Waals surface area (Å²) in [5.41, 5.74) is 8.58. The van der Waals surface area contributed by atoms with E-state index in [-0.39, 0.29) is 18.1 Å². The van der Waals surface area contributed by atoms with Gasteiger partial charge >= 0.3 is 0 Å². The van der Waals surface area contributed by atoms with Crippen LogP contribution in [0.4, 0.5) is 4.39 Å². The number of hydrogen-bond acceptors (Lipinski definition) is 5. The van der Waals surface area contributed by atoms with Gasteiger partial charge in [-0.2, -0.15) is 0 Å². The number of benzene rings is 3. The lowest BCUT2D eigenvalue weighted by molar-refractivity contribution is -0.150. The molecule has 6 nitrogen and oxygen atoms in total. The Balaban J connectivity index is 1.44. The molecule has 8 heteroatoms. The minimum absolute atomic E-state index is 0.258. The lowest BCUT2D eigenvalue weighted by atomic mass is 9.89. The van der Waals surface area contributed by atoms with Gasteiger partial charge in [-0.3, -0.25) is 4.79 Å². The molecular weight excluding hydrogens is 497 g/mol. The van der Waals surface area contributed by atoms with Crippen LogP contribution in [0.25, 0.3) is 11.1 Å². The molecule has 1 aliphatic carbocycles. The van der Waals surface area contributed by atoms with Gasteiger partial charge in [-0.05, 0) is 84.3 Å². The fraction of sp³-hybridized carbons (Fsp3) is 0.345. The van der Waals surface area contributed by atoms with Crippen molar-refractivity contribution in [3.05, 3.63) is 88.7 Å². The summed E-state index contributed by atoms with van der Waals surface area (Å²) in [5.74, 6) is -0.232. The van der Waals surface area contributed by atoms with E-state index in [1.54, 1.807) is 30.3 Å². The molecule has 4 atom stereocenters. The maximum Gasteiger partial charge on any atom is 0.217 e. The molecule has 2 unspecified atom stereocenters. The number of amides is 1. The van der Waals surface area contributed by atoms with Crippen LogP contribution in [0.1, 0.15) is 36.8 Å². The molecule has 0 aliphatic heterocycles. The monoisotopic (exact) mass is 527 g/mol. The second-order valence-electron chi connectivity index (χ2n) is 9.34. The third kappa shape index (κ3) is 7.29. The smallest absolute Gasteiger partial charge is 0.217 e. The molecule has 0 aromatic heterocycles. The summed E-state index contributed by atoms with van der Waals surface area (Å²) in [7, 11) is 0. The van der Waals surface area contributed by atoms with Crippen molar-refractivity contribution in [2.24, 2.45) is 5.73 Å². The standard InChI is InChI=1S/C29H31ClFNO5/c30-21-10-7-18(8-11-21)17-36-25-13-14-26(29(35)28(25)34)37-23-12-9-19(3-2-6-27(32)33)24(16-23)20-4-1-5-22(31)15-20/h1,4-5,7-12,15-16,25-26,28-29,34-35H,2-3,6,13-14,17H2,(H2,32,33)/t25?,26?,28-,29+/m1/s1. The van der Waals surface area contributed by atoms with Gasteiger partial charge in [0.1, 0.15) is 29.9 Å². The molecule has 0 spiro atoms. The molecule has 3 aromatic rings. The van der Waals surface area contributed by atoms with Crippen molar-refractivity contribution in [1.82, 2.24) is 0 Å². The van der Waals surface area contributed by atoms with Crippen molar-refractivity contribution >= 4 is 17.5 Å². The predicted molar refractivity (Wildman–Crippen MR) is 140 cm³/mol. The first-order valence-corrected chi connectivity index (χ1v) is 12.7. The summed E-state index contributed by atoms with van der Waals surface area (Å²) >= 11 is 5.92. The fourth-order valence-electron chi connectivity index (χ4n) is 4.60. The minimum atomic E-state index is -1.14. The highest BCUT2D eigenvalue weighted by Crippen LogP contribution is 2.33. The zero-order chi connectivity index (χ0) is 26.4. The van der Waals surface area contributed by atoms with E-state index in [4.69, 9.17) is 26.8 Å². The molecule has 0 bridgehead atoms. The van der Waals surface area contributed by atoms with Gasteiger partial charge in [-0.25, -0.2) is 4.39 Å². The average molecular weight is 528 g/mol. The Bertz CT molecular complexity index is 1210. The van der Waals surface area contributed by atoms with E-state index in [0.717, 1.165) is 16.7 Å². The van der Waals surface area contributed by atoms with E-state index in [1.165, 1.54) is 12.1 Å². The first-order chi connectivity index (χ1) is 17.8. The molecule has 1 saturated carbocycles. The third-order valence-electron chi connectivity index (χ3n) is 6.60. The zero-order valence-corrected chi connectivity index (χ0v) is 21.1. The maximum absolute atomic E-state index is 14.0. The Morgan fingerprint density at radius 1 is 1.00 bits per heavy atom. The molecule has 0 radical (unpaired) electrons. The van der Waals surface area contributed by atoms with E-state index in [0.29, 0.717) is 48.6 Å². The van der Waals surface area contributed by atoms with Crippen molar-refractivity contribution in [3.8, 4) is 16.9 Å². The summed E-state index contributed by atoms with van der Waals surface area (Å²) in [6.07, 6.45) is -0.993. The Labute approximate surface area is 220 Å². The molecule has 1 aliphatic rings. The van der Waals surface area contributed by atoms with Crippen molar-refractivity contribution < 1.29 is 28.9 Å². The van der Waals surface area contributed by atoms with Crippen molar-refractivity contribution in [2.75, 3.05) is 0 Å². The van der Waals surface area contributed by atoms with Crippen LogP contribution < -0.4 is 10.5 Å². The summed E-state index contributed by atoms with van der Waals surface area (Å²) in [6.45, 7) is 0.297. The van der Waals surface area contributed by atoms with E-state index >= 15 is 0 Å². The van der Waals surface area contributed by atoms with E-state index < -0.39 is 24.4 Å². The Morgan fingerprint density at radius 3 is 2.46 bits per heavy atom. The first kappa shape index (κ1) is 27.1. The number of carbonyl (C=O) groups excluding carboxylic acids is 1. The van der Waals surface area contributed by atoms with E-state index in [9.17, 15) is 19.4 Å². The van der Waals surface area contributed by atoms with Crippen LogP contribution in [-0.2, 0) is 22.6 Å². The fourth-order valence-corrected chi connectivity index (χ4v) is 4.73. The summed E-state index contributed by atoms with van der Waals surface area (Å²) in [4.78, 5) is 11.2. The SMILES string of the molecule is NC(=O)CCCc1ccc(OC2CCC(OCc3ccc(Cl)cc3)[C@@H](O)[C@H]2O)cc1-c1cccc(F)c1. The van der Waals surface area contributed by atoms with Crippen molar-refractivity contribution in [2.45, 2.75) is 63.1 Å². The van der Waals surface area contributed by atoms with Gasteiger partial charge in [0.25, 0.3) is 0 Å². The number of aryl methyl sites for hydroxylation is 1. The van der Waals surface area contributed by atoms with E-state index in [2.05, 4.69) is 0 Å². The van der Waals surface area contributed by atoms with Crippen LogP contribution in [0.5, 0.6) is 5.75 Å². The quantitative estimate of drug-likeness (QED) is 0.351. The molecular formula is C29H31ClFNO5. The molecule has 3 aromatic carbocycles. The van der Waals surface area contributed by atoms with Crippen LogP contribution in [0, 0.1) is 5.82 Å². The molecule has 1 fully saturated rings. The van der Waals surface area contributed by atoms with Gasteiger partial charge in [0.05, 0.1) is 12.7 Å². The highest BCUT2D eigenvalue weighted by atomic mass is 35.5. The molecule has 1 amide bonds. The topological polar surface area (TPSA) is 102 Å².